The molecule has 0 spiro atoms. The quantitative estimate of drug-likeness (QED) is 0.437. The van der Waals surface area contributed by atoms with Gasteiger partial charge in [0, 0.05) is 50.6 Å². The molecule has 5 rings (SSSR count). The molecule has 1 aliphatic carbocycles. The summed E-state index contributed by atoms with van der Waals surface area (Å²) >= 11 is 0. The van der Waals surface area contributed by atoms with Crippen molar-refractivity contribution < 1.29 is 27.0 Å². The van der Waals surface area contributed by atoms with Gasteiger partial charge < -0.3 is 9.47 Å². The Hall–Kier alpha value is -3.15. The van der Waals surface area contributed by atoms with Gasteiger partial charge in [0.1, 0.15) is 11.3 Å². The van der Waals surface area contributed by atoms with Gasteiger partial charge in [-0.3, -0.25) is 9.36 Å². The summed E-state index contributed by atoms with van der Waals surface area (Å²) in [6.07, 6.45) is -1.02. The molecular weight excluding hydrogens is 494 g/mol. The summed E-state index contributed by atoms with van der Waals surface area (Å²) in [6.45, 7) is 0.410. The largest absolute Gasteiger partial charge is 0.481 e. The molecular formula is C25H27F4N5O3. The van der Waals surface area contributed by atoms with Crippen molar-refractivity contribution >= 4 is 11.0 Å². The predicted octanol–water partition coefficient (Wildman–Crippen LogP) is 4.99. The number of ether oxygens (including phenoxy) is 2. The van der Waals surface area contributed by atoms with Crippen LogP contribution in [0.15, 0.2) is 23.1 Å². The highest BCUT2D eigenvalue weighted by molar-refractivity contribution is 5.76. The molecule has 2 aliphatic rings. The van der Waals surface area contributed by atoms with Crippen molar-refractivity contribution in [1.82, 2.24) is 24.5 Å². The average Bonchev–Trinajstić information content (AvgIpc) is 2.90. The SMILES string of the molecule is COc1cc([C@H]2C[C@@H](c3nc(C4CCC(F)(F)CC4)c4nc(C(F)F)n(C)c(=O)c4n3)CCO2)ccn1. The number of aromatic nitrogens is 5. The van der Waals surface area contributed by atoms with Gasteiger partial charge in [-0.2, -0.15) is 0 Å². The maximum absolute atomic E-state index is 13.9. The Morgan fingerprint density at radius 3 is 2.57 bits per heavy atom. The number of nitrogens with zero attached hydrogens (tertiary/aromatic N) is 5. The van der Waals surface area contributed by atoms with Crippen molar-refractivity contribution in [3.63, 3.8) is 0 Å². The van der Waals surface area contributed by atoms with Gasteiger partial charge in [0.2, 0.25) is 11.8 Å². The number of methoxy groups -OCH3 is 1. The summed E-state index contributed by atoms with van der Waals surface area (Å²) in [4.78, 5) is 30.5. The van der Waals surface area contributed by atoms with Crippen molar-refractivity contribution in [1.29, 1.82) is 0 Å². The minimum absolute atomic E-state index is 0.0279. The number of hydrogen-bond donors (Lipinski definition) is 0. The summed E-state index contributed by atoms with van der Waals surface area (Å²) in [5.41, 5.74) is 0.349. The minimum Gasteiger partial charge on any atom is -0.481 e. The molecule has 12 heteroatoms. The van der Waals surface area contributed by atoms with Crippen molar-refractivity contribution in [2.45, 2.75) is 68.8 Å². The maximum atomic E-state index is 13.9. The Morgan fingerprint density at radius 2 is 1.86 bits per heavy atom. The monoisotopic (exact) mass is 521 g/mol. The summed E-state index contributed by atoms with van der Waals surface area (Å²) in [7, 11) is 2.75. The third kappa shape index (κ3) is 5.03. The van der Waals surface area contributed by atoms with Crippen LogP contribution in [-0.2, 0) is 11.8 Å². The number of halogens is 4. The number of hydrogen-bond acceptors (Lipinski definition) is 7. The summed E-state index contributed by atoms with van der Waals surface area (Å²) in [5, 5.41) is 0. The lowest BCUT2D eigenvalue weighted by Gasteiger charge is -2.31. The van der Waals surface area contributed by atoms with Crippen LogP contribution in [0.5, 0.6) is 5.88 Å². The van der Waals surface area contributed by atoms with Gasteiger partial charge in [0.25, 0.3) is 12.0 Å². The average molecular weight is 522 g/mol. The zero-order chi connectivity index (χ0) is 26.3. The number of pyridine rings is 1. The minimum atomic E-state index is -2.99. The molecule has 1 aliphatic heterocycles. The second-order valence-corrected chi connectivity index (χ2v) is 9.64. The zero-order valence-corrected chi connectivity index (χ0v) is 20.5. The fourth-order valence-electron chi connectivity index (χ4n) is 5.18. The van der Waals surface area contributed by atoms with Gasteiger partial charge in [-0.25, -0.2) is 37.5 Å². The first-order chi connectivity index (χ1) is 17.7. The molecule has 2 fully saturated rings. The van der Waals surface area contributed by atoms with Gasteiger partial charge in [-0.1, -0.05) is 0 Å². The molecule has 0 radical (unpaired) electrons. The van der Waals surface area contributed by atoms with Crippen LogP contribution in [0.25, 0.3) is 11.0 Å². The third-order valence-corrected chi connectivity index (χ3v) is 7.29. The molecule has 0 amide bonds. The summed E-state index contributed by atoms with van der Waals surface area (Å²) in [5.74, 6) is -3.29. The molecule has 37 heavy (non-hydrogen) atoms. The highest BCUT2D eigenvalue weighted by atomic mass is 19.3. The Morgan fingerprint density at radius 1 is 1.11 bits per heavy atom. The van der Waals surface area contributed by atoms with E-state index in [1.807, 2.05) is 6.07 Å². The first kappa shape index (κ1) is 25.5. The topological polar surface area (TPSA) is 92.0 Å². The summed E-state index contributed by atoms with van der Waals surface area (Å²) < 4.78 is 67.1. The van der Waals surface area contributed by atoms with Crippen LogP contribution in [0.1, 0.15) is 85.8 Å². The summed E-state index contributed by atoms with van der Waals surface area (Å²) in [6, 6.07) is 3.61. The third-order valence-electron chi connectivity index (χ3n) is 7.29. The van der Waals surface area contributed by atoms with Gasteiger partial charge >= 0.3 is 0 Å². The fourth-order valence-corrected chi connectivity index (χ4v) is 5.18. The van der Waals surface area contributed by atoms with Crippen LogP contribution in [0.3, 0.4) is 0 Å². The first-order valence-electron chi connectivity index (χ1n) is 12.2. The van der Waals surface area contributed by atoms with E-state index in [1.165, 1.54) is 14.2 Å². The van der Waals surface area contributed by atoms with Crippen molar-refractivity contribution in [2.24, 2.45) is 7.05 Å². The molecule has 3 aromatic heterocycles. The van der Waals surface area contributed by atoms with E-state index < -0.39 is 29.6 Å². The van der Waals surface area contributed by atoms with Gasteiger partial charge in [-0.05, 0) is 37.3 Å². The molecule has 4 heterocycles. The highest BCUT2D eigenvalue weighted by Gasteiger charge is 2.38. The predicted molar refractivity (Wildman–Crippen MR) is 125 cm³/mol. The van der Waals surface area contributed by atoms with Crippen LogP contribution in [-0.4, -0.2) is 44.1 Å². The van der Waals surface area contributed by atoms with E-state index >= 15 is 0 Å². The number of fused-ring (bicyclic) bond motifs is 1. The standard InChI is InChI=1S/C25H27F4N5O3/c1-34-23(21(26)27)33-19-18(13-3-7-25(28,29)8-4-13)31-22(32-20(19)24(34)35)15-6-10-37-16(11-15)14-5-9-30-17(12-14)36-2/h5,9,12-13,15-16,21H,3-4,6-8,10-11H2,1-2H3/t15-,16+/m0/s1. The van der Waals surface area contributed by atoms with Crippen molar-refractivity contribution in [3.05, 3.63) is 51.6 Å². The molecule has 3 aromatic rings. The van der Waals surface area contributed by atoms with Gasteiger partial charge in [-0.15, -0.1) is 0 Å². The van der Waals surface area contributed by atoms with E-state index in [1.54, 1.807) is 12.3 Å². The van der Waals surface area contributed by atoms with E-state index in [0.29, 0.717) is 36.8 Å². The highest BCUT2D eigenvalue weighted by Crippen LogP contribution is 2.43. The molecule has 1 saturated heterocycles. The van der Waals surface area contributed by atoms with Crippen LogP contribution in [0.2, 0.25) is 0 Å². The van der Waals surface area contributed by atoms with Gasteiger partial charge in [0.05, 0.1) is 18.9 Å². The second kappa shape index (κ2) is 9.96. The smallest absolute Gasteiger partial charge is 0.295 e. The van der Waals surface area contributed by atoms with Gasteiger partial charge in [0.15, 0.2) is 11.3 Å². The van der Waals surface area contributed by atoms with Crippen LogP contribution < -0.4 is 10.3 Å². The van der Waals surface area contributed by atoms with E-state index in [9.17, 15) is 22.4 Å². The Balaban J connectivity index is 1.58. The molecule has 0 aromatic carbocycles. The van der Waals surface area contributed by atoms with E-state index in [2.05, 4.69) is 15.0 Å². The molecule has 0 N–H and O–H groups in total. The van der Waals surface area contributed by atoms with Crippen molar-refractivity contribution in [2.75, 3.05) is 13.7 Å². The van der Waals surface area contributed by atoms with Crippen molar-refractivity contribution in [3.8, 4) is 5.88 Å². The molecule has 2 atom stereocenters. The molecule has 0 bridgehead atoms. The van der Waals surface area contributed by atoms with E-state index in [-0.39, 0.29) is 48.7 Å². The van der Waals surface area contributed by atoms with Crippen LogP contribution in [0.4, 0.5) is 17.6 Å². The Labute approximate surface area is 210 Å². The molecule has 0 unspecified atom stereocenters. The second-order valence-electron chi connectivity index (χ2n) is 9.64. The number of alkyl halides is 4. The molecule has 198 valence electrons. The maximum Gasteiger partial charge on any atom is 0.295 e. The number of rotatable bonds is 5. The lowest BCUT2D eigenvalue weighted by molar-refractivity contribution is -0.0384. The van der Waals surface area contributed by atoms with Crippen LogP contribution >= 0.6 is 0 Å². The fraction of sp³-hybridized carbons (Fsp3) is 0.560. The normalized spacial score (nSPS) is 22.5. The lowest BCUT2D eigenvalue weighted by Crippen LogP contribution is -2.28. The first-order valence-corrected chi connectivity index (χ1v) is 12.2. The zero-order valence-electron chi connectivity index (χ0n) is 20.5. The van der Waals surface area contributed by atoms with Crippen LogP contribution in [0, 0.1) is 0 Å². The molecule has 1 saturated carbocycles. The van der Waals surface area contributed by atoms with E-state index in [4.69, 9.17) is 14.5 Å². The Bertz CT molecular complexity index is 1360. The lowest BCUT2D eigenvalue weighted by atomic mass is 9.84. The Kier molecular flexibility index (Phi) is 6.86. The molecule has 8 nitrogen and oxygen atoms in total. The van der Waals surface area contributed by atoms with E-state index in [0.717, 1.165) is 10.1 Å².